The largest absolute Gasteiger partial charge is 0.312 e. The molecular formula is C15H19N9O2S. The van der Waals surface area contributed by atoms with Crippen molar-refractivity contribution in [2.45, 2.75) is 38.7 Å². The minimum atomic E-state index is -0.411. The Morgan fingerprint density at radius 1 is 1.26 bits per heavy atom. The van der Waals surface area contributed by atoms with E-state index >= 15 is 0 Å². The second kappa shape index (κ2) is 7.31. The van der Waals surface area contributed by atoms with Crippen LogP contribution >= 0.6 is 11.8 Å². The number of nitro groups is 1. The van der Waals surface area contributed by atoms with Gasteiger partial charge >= 0.3 is 5.69 Å². The van der Waals surface area contributed by atoms with E-state index in [-0.39, 0.29) is 5.69 Å². The summed E-state index contributed by atoms with van der Waals surface area (Å²) in [7, 11) is 1.87. The fraction of sp³-hybridized carbons (Fsp3) is 0.400. The van der Waals surface area contributed by atoms with E-state index in [1.54, 1.807) is 47.2 Å². The third-order valence-electron chi connectivity index (χ3n) is 4.20. The van der Waals surface area contributed by atoms with E-state index in [1.165, 1.54) is 11.8 Å². The minimum absolute atomic E-state index is 0.0401. The van der Waals surface area contributed by atoms with Gasteiger partial charge in [-0.05, 0) is 27.7 Å². The summed E-state index contributed by atoms with van der Waals surface area (Å²) in [5.41, 5.74) is 2.82. The zero-order valence-corrected chi connectivity index (χ0v) is 16.4. The van der Waals surface area contributed by atoms with E-state index in [1.807, 2.05) is 14.0 Å². The van der Waals surface area contributed by atoms with Crippen LogP contribution in [-0.4, -0.2) is 45.6 Å². The summed E-state index contributed by atoms with van der Waals surface area (Å²) in [6.45, 7) is 7.06. The second-order valence-corrected chi connectivity index (χ2v) is 6.86. The Labute approximate surface area is 159 Å². The van der Waals surface area contributed by atoms with Gasteiger partial charge in [0.1, 0.15) is 11.4 Å². The Hall–Kier alpha value is -3.02. The van der Waals surface area contributed by atoms with Gasteiger partial charge in [0.05, 0.1) is 23.2 Å². The Morgan fingerprint density at radius 2 is 2.00 bits per heavy atom. The average Bonchev–Trinajstić information content (AvgIpc) is 3.21. The highest BCUT2D eigenvalue weighted by Crippen LogP contribution is 2.25. The third kappa shape index (κ3) is 3.60. The van der Waals surface area contributed by atoms with Crippen molar-refractivity contribution in [3.05, 3.63) is 44.8 Å². The van der Waals surface area contributed by atoms with Crippen LogP contribution in [0, 0.1) is 37.8 Å². The van der Waals surface area contributed by atoms with Gasteiger partial charge in [-0.2, -0.15) is 20.0 Å². The number of rotatable bonds is 6. The molecule has 0 amide bonds. The molecule has 3 rings (SSSR count). The lowest BCUT2D eigenvalue weighted by Gasteiger charge is -2.04. The molecule has 0 spiro atoms. The first-order valence-electron chi connectivity index (χ1n) is 8.05. The lowest BCUT2D eigenvalue weighted by Crippen LogP contribution is -2.02. The Bertz CT molecular complexity index is 1030. The van der Waals surface area contributed by atoms with Gasteiger partial charge < -0.3 is 0 Å². The highest BCUT2D eigenvalue weighted by Gasteiger charge is 2.22. The van der Waals surface area contributed by atoms with Gasteiger partial charge in [-0.3, -0.25) is 19.5 Å². The molecule has 0 N–H and O–H groups in total. The zero-order valence-electron chi connectivity index (χ0n) is 15.6. The Balaban J connectivity index is 1.81. The number of hydrogen-bond acceptors (Lipinski definition) is 8. The third-order valence-corrected chi connectivity index (χ3v) is 5.08. The summed E-state index contributed by atoms with van der Waals surface area (Å²) >= 11 is 1.35. The van der Waals surface area contributed by atoms with Crippen LogP contribution in [0.2, 0.25) is 0 Å². The van der Waals surface area contributed by atoms with Crippen molar-refractivity contribution < 1.29 is 4.92 Å². The molecule has 142 valence electrons. The van der Waals surface area contributed by atoms with Crippen LogP contribution in [0.15, 0.2) is 16.5 Å². The molecule has 0 aliphatic rings. The van der Waals surface area contributed by atoms with Gasteiger partial charge in [-0.15, -0.1) is 10.2 Å². The van der Waals surface area contributed by atoms with E-state index in [0.717, 1.165) is 11.3 Å². The number of aromatic nitrogens is 7. The van der Waals surface area contributed by atoms with Crippen LogP contribution in [-0.2, 0) is 12.9 Å². The molecule has 0 fully saturated rings. The van der Waals surface area contributed by atoms with Gasteiger partial charge in [0.25, 0.3) is 0 Å². The quantitative estimate of drug-likeness (QED) is 0.273. The van der Waals surface area contributed by atoms with E-state index in [0.29, 0.717) is 28.2 Å². The maximum absolute atomic E-state index is 11.1. The number of aryl methyl sites for hydroxylation is 3. The van der Waals surface area contributed by atoms with Gasteiger partial charge in [-0.25, -0.2) is 0 Å². The summed E-state index contributed by atoms with van der Waals surface area (Å²) in [5, 5.41) is 32.8. The summed E-state index contributed by atoms with van der Waals surface area (Å²) in [6, 6.07) is 0. The van der Waals surface area contributed by atoms with Crippen LogP contribution in [0.3, 0.4) is 0 Å². The van der Waals surface area contributed by atoms with E-state index in [9.17, 15) is 10.1 Å². The van der Waals surface area contributed by atoms with Crippen molar-refractivity contribution in [2.24, 2.45) is 12.1 Å². The lowest BCUT2D eigenvalue weighted by atomic mass is 10.3. The molecule has 0 aromatic carbocycles. The minimum Gasteiger partial charge on any atom is -0.272 e. The SMILES string of the molecule is Cc1nn(CSc2nnc(C)n2/N=C\c2cnn(C)c2C)c(C)c1[N+](=O)[O-]. The first-order chi connectivity index (χ1) is 12.8. The zero-order chi connectivity index (χ0) is 19.7. The highest BCUT2D eigenvalue weighted by atomic mass is 32.2. The van der Waals surface area contributed by atoms with Gasteiger partial charge in [0, 0.05) is 18.3 Å². The van der Waals surface area contributed by atoms with Crippen molar-refractivity contribution in [3.63, 3.8) is 0 Å². The molecule has 11 nitrogen and oxygen atoms in total. The average molecular weight is 389 g/mol. The molecule has 0 bridgehead atoms. The first kappa shape index (κ1) is 18.8. The van der Waals surface area contributed by atoms with Crippen molar-refractivity contribution in [3.8, 4) is 0 Å². The molecule has 3 heterocycles. The lowest BCUT2D eigenvalue weighted by molar-refractivity contribution is -0.386. The number of nitrogens with zero attached hydrogens (tertiary/aromatic N) is 9. The van der Waals surface area contributed by atoms with Crippen molar-refractivity contribution in [1.82, 2.24) is 34.4 Å². The van der Waals surface area contributed by atoms with Crippen LogP contribution in [0.25, 0.3) is 0 Å². The molecule has 0 saturated heterocycles. The molecule has 0 aliphatic carbocycles. The summed E-state index contributed by atoms with van der Waals surface area (Å²) in [4.78, 5) is 10.7. The summed E-state index contributed by atoms with van der Waals surface area (Å²) in [5.74, 6) is 0.995. The fourth-order valence-corrected chi connectivity index (χ4v) is 3.41. The predicted octanol–water partition coefficient (Wildman–Crippen LogP) is 1.98. The smallest absolute Gasteiger partial charge is 0.272 e. The summed E-state index contributed by atoms with van der Waals surface area (Å²) < 4.78 is 4.98. The van der Waals surface area contributed by atoms with Crippen LogP contribution in [0.4, 0.5) is 5.69 Å². The molecule has 0 aliphatic heterocycles. The molecule has 27 heavy (non-hydrogen) atoms. The molecule has 0 radical (unpaired) electrons. The Morgan fingerprint density at radius 3 is 2.59 bits per heavy atom. The number of thioether (sulfide) groups is 1. The monoisotopic (exact) mass is 389 g/mol. The fourth-order valence-electron chi connectivity index (χ4n) is 2.52. The van der Waals surface area contributed by atoms with Gasteiger partial charge in [0.2, 0.25) is 5.16 Å². The van der Waals surface area contributed by atoms with E-state index in [2.05, 4.69) is 25.5 Å². The Kier molecular flexibility index (Phi) is 5.08. The molecule has 0 atom stereocenters. The van der Waals surface area contributed by atoms with E-state index < -0.39 is 4.92 Å². The highest BCUT2D eigenvalue weighted by molar-refractivity contribution is 7.98. The molecule has 0 saturated carbocycles. The van der Waals surface area contributed by atoms with Crippen LogP contribution in [0.1, 0.15) is 28.5 Å². The van der Waals surface area contributed by atoms with Crippen LogP contribution in [0.5, 0.6) is 0 Å². The standard InChI is InChI=1S/C15H19N9O2S/c1-9-14(24(25)26)11(3)22(20-9)8-27-15-19-18-12(4)23(15)17-7-13-6-16-21(5)10(13)2/h6-7H,8H2,1-5H3/b17-7-. The van der Waals surface area contributed by atoms with Crippen LogP contribution < -0.4 is 0 Å². The van der Waals surface area contributed by atoms with Crippen molar-refractivity contribution in [1.29, 1.82) is 0 Å². The molecular weight excluding hydrogens is 370 g/mol. The number of hydrogen-bond donors (Lipinski definition) is 0. The van der Waals surface area contributed by atoms with E-state index in [4.69, 9.17) is 0 Å². The molecule has 3 aromatic rings. The summed E-state index contributed by atoms with van der Waals surface area (Å²) in [6.07, 6.45) is 3.44. The maximum atomic E-state index is 11.1. The van der Waals surface area contributed by atoms with Crippen molar-refractivity contribution >= 4 is 23.7 Å². The molecule has 0 unspecified atom stereocenters. The normalized spacial score (nSPS) is 11.6. The first-order valence-corrected chi connectivity index (χ1v) is 9.04. The van der Waals surface area contributed by atoms with Gasteiger partial charge in [0.15, 0.2) is 5.82 Å². The van der Waals surface area contributed by atoms with Crippen molar-refractivity contribution in [2.75, 3.05) is 0 Å². The van der Waals surface area contributed by atoms with Gasteiger partial charge in [-0.1, -0.05) is 11.8 Å². The topological polar surface area (TPSA) is 122 Å². The second-order valence-electron chi connectivity index (χ2n) is 5.94. The molecule has 12 heteroatoms. The maximum Gasteiger partial charge on any atom is 0.312 e. The molecule has 3 aromatic heterocycles. The predicted molar refractivity (Wildman–Crippen MR) is 99.9 cm³/mol.